The molecule has 1 aliphatic heterocycles. The fourth-order valence-corrected chi connectivity index (χ4v) is 2.00. The van der Waals surface area contributed by atoms with Gasteiger partial charge in [0.05, 0.1) is 12.7 Å². The topological polar surface area (TPSA) is 35.5 Å². The van der Waals surface area contributed by atoms with Crippen molar-refractivity contribution in [2.24, 2.45) is 0 Å². The van der Waals surface area contributed by atoms with E-state index >= 15 is 0 Å². The van der Waals surface area contributed by atoms with Crippen LogP contribution in [0.1, 0.15) is 32.3 Å². The maximum absolute atomic E-state index is 11.4. The van der Waals surface area contributed by atoms with Crippen LogP contribution in [0.2, 0.25) is 0 Å². The zero-order chi connectivity index (χ0) is 12.5. The fourth-order valence-electron chi connectivity index (χ4n) is 2.00. The van der Waals surface area contributed by atoms with E-state index in [9.17, 15) is 4.79 Å². The third-order valence-electron chi connectivity index (χ3n) is 3.42. The Labute approximate surface area is 102 Å². The summed E-state index contributed by atoms with van der Waals surface area (Å²) in [5.74, 6) is -0.925. The molecule has 3 heteroatoms. The molecule has 1 saturated heterocycles. The van der Waals surface area contributed by atoms with Crippen LogP contribution in [0.5, 0.6) is 0 Å². The van der Waals surface area contributed by atoms with E-state index in [-0.39, 0.29) is 17.8 Å². The molecule has 0 aliphatic carbocycles. The second-order valence-corrected chi connectivity index (χ2v) is 4.67. The third kappa shape index (κ3) is 2.40. The number of benzene rings is 1. The van der Waals surface area contributed by atoms with E-state index in [2.05, 4.69) is 19.1 Å². The molecule has 0 amide bonds. The smallest absolute Gasteiger partial charge is 0.226 e. The maximum Gasteiger partial charge on any atom is 0.226 e. The Hall–Kier alpha value is -1.19. The van der Waals surface area contributed by atoms with E-state index in [1.54, 1.807) is 6.92 Å². The van der Waals surface area contributed by atoms with Crippen molar-refractivity contribution in [1.29, 1.82) is 0 Å². The van der Waals surface area contributed by atoms with E-state index in [1.807, 2.05) is 18.2 Å². The molecule has 3 atom stereocenters. The van der Waals surface area contributed by atoms with Crippen LogP contribution in [0.25, 0.3) is 0 Å². The highest BCUT2D eigenvalue weighted by Gasteiger charge is 2.43. The third-order valence-corrected chi connectivity index (χ3v) is 3.42. The molecule has 3 nitrogen and oxygen atoms in total. The van der Waals surface area contributed by atoms with Crippen molar-refractivity contribution < 1.29 is 14.3 Å². The zero-order valence-electron chi connectivity index (χ0n) is 10.5. The molecule has 1 aromatic rings. The zero-order valence-corrected chi connectivity index (χ0v) is 10.5. The van der Waals surface area contributed by atoms with E-state index in [0.717, 1.165) is 0 Å². The van der Waals surface area contributed by atoms with Gasteiger partial charge < -0.3 is 9.47 Å². The molecule has 0 bridgehead atoms. The van der Waals surface area contributed by atoms with Crippen molar-refractivity contribution in [3.05, 3.63) is 35.9 Å². The highest BCUT2D eigenvalue weighted by atomic mass is 16.7. The van der Waals surface area contributed by atoms with Crippen LogP contribution in [0.15, 0.2) is 30.3 Å². The Kier molecular flexibility index (Phi) is 3.31. The van der Waals surface area contributed by atoms with Crippen molar-refractivity contribution in [3.63, 3.8) is 0 Å². The van der Waals surface area contributed by atoms with Gasteiger partial charge >= 0.3 is 0 Å². The molecular formula is C14H18O3. The number of carbonyl (C=O) groups is 1. The lowest BCUT2D eigenvalue weighted by molar-refractivity contribution is -0.177. The second-order valence-electron chi connectivity index (χ2n) is 4.67. The quantitative estimate of drug-likeness (QED) is 0.806. The van der Waals surface area contributed by atoms with Gasteiger partial charge in [-0.1, -0.05) is 37.3 Å². The second kappa shape index (κ2) is 4.59. The van der Waals surface area contributed by atoms with Gasteiger partial charge in [0, 0.05) is 12.8 Å². The van der Waals surface area contributed by atoms with Gasteiger partial charge in [-0.05, 0) is 12.5 Å². The molecule has 1 heterocycles. The van der Waals surface area contributed by atoms with Gasteiger partial charge in [-0.2, -0.15) is 0 Å². The van der Waals surface area contributed by atoms with Gasteiger partial charge in [-0.3, -0.25) is 4.79 Å². The minimum Gasteiger partial charge on any atom is -0.341 e. The van der Waals surface area contributed by atoms with Crippen LogP contribution >= 0.6 is 0 Å². The first-order valence-electron chi connectivity index (χ1n) is 5.91. The lowest BCUT2D eigenvalue weighted by Gasteiger charge is -2.22. The average Bonchev–Trinajstić information content (AvgIpc) is 2.74. The summed E-state index contributed by atoms with van der Waals surface area (Å²) >= 11 is 0. The highest BCUT2D eigenvalue weighted by molar-refractivity contribution is 5.83. The molecule has 1 fully saturated rings. The Balaban J connectivity index is 2.09. The van der Waals surface area contributed by atoms with Gasteiger partial charge in [0.2, 0.25) is 5.79 Å². The number of hydrogen-bond donors (Lipinski definition) is 0. The molecule has 2 rings (SSSR count). The Bertz CT molecular complexity index is 401. The predicted molar refractivity (Wildman–Crippen MR) is 64.8 cm³/mol. The molecule has 0 saturated carbocycles. The van der Waals surface area contributed by atoms with Gasteiger partial charge in [-0.15, -0.1) is 0 Å². The van der Waals surface area contributed by atoms with Crippen molar-refractivity contribution in [2.75, 3.05) is 6.61 Å². The number of carbonyl (C=O) groups excluding carboxylic acids is 1. The first-order chi connectivity index (χ1) is 8.03. The van der Waals surface area contributed by atoms with Gasteiger partial charge in [0.1, 0.15) is 0 Å². The SMILES string of the molecule is CC(=O)C1(C)OCC(C(C)c2ccccc2)O1. The Morgan fingerprint density at radius 1 is 1.41 bits per heavy atom. The number of hydrogen-bond acceptors (Lipinski definition) is 3. The monoisotopic (exact) mass is 234 g/mol. The summed E-state index contributed by atoms with van der Waals surface area (Å²) < 4.78 is 11.2. The van der Waals surface area contributed by atoms with Crippen LogP contribution in [-0.4, -0.2) is 24.3 Å². The molecule has 0 radical (unpaired) electrons. The van der Waals surface area contributed by atoms with Crippen molar-refractivity contribution >= 4 is 5.78 Å². The summed E-state index contributed by atoms with van der Waals surface area (Å²) in [6, 6.07) is 10.1. The van der Waals surface area contributed by atoms with E-state index < -0.39 is 5.79 Å². The van der Waals surface area contributed by atoms with Crippen LogP contribution < -0.4 is 0 Å². The average molecular weight is 234 g/mol. The predicted octanol–water partition coefficient (Wildman–Crippen LogP) is 2.51. The number of ketones is 1. The van der Waals surface area contributed by atoms with Crippen molar-refractivity contribution in [2.45, 2.75) is 38.6 Å². The fraction of sp³-hybridized carbons (Fsp3) is 0.500. The molecule has 3 unspecified atom stereocenters. The summed E-state index contributed by atoms with van der Waals surface area (Å²) in [5, 5.41) is 0. The number of ether oxygens (including phenoxy) is 2. The van der Waals surface area contributed by atoms with Crippen LogP contribution in [-0.2, 0) is 14.3 Å². The standard InChI is InChI=1S/C14H18O3/c1-10(12-7-5-4-6-8-12)13-9-16-14(3,17-13)11(2)15/h4-8,10,13H,9H2,1-3H3. The van der Waals surface area contributed by atoms with Gasteiger partial charge in [-0.25, -0.2) is 0 Å². The van der Waals surface area contributed by atoms with Crippen molar-refractivity contribution in [1.82, 2.24) is 0 Å². The summed E-state index contributed by atoms with van der Waals surface area (Å²) in [6.45, 7) is 5.74. The van der Waals surface area contributed by atoms with Crippen LogP contribution in [0.3, 0.4) is 0 Å². The van der Waals surface area contributed by atoms with Gasteiger partial charge in [0.15, 0.2) is 5.78 Å². The van der Waals surface area contributed by atoms with Crippen LogP contribution in [0.4, 0.5) is 0 Å². The van der Waals surface area contributed by atoms with Gasteiger partial charge in [0.25, 0.3) is 0 Å². The molecule has 0 spiro atoms. The lowest BCUT2D eigenvalue weighted by Crippen LogP contribution is -2.35. The molecule has 1 aliphatic rings. The van der Waals surface area contributed by atoms with E-state index in [1.165, 1.54) is 12.5 Å². The minimum atomic E-state index is -1.06. The summed E-state index contributed by atoms with van der Waals surface area (Å²) in [4.78, 5) is 11.4. The minimum absolute atomic E-state index is 0.0636. The number of rotatable bonds is 3. The summed E-state index contributed by atoms with van der Waals surface area (Å²) in [5.41, 5.74) is 1.20. The molecule has 0 aromatic heterocycles. The first kappa shape index (κ1) is 12.3. The van der Waals surface area contributed by atoms with E-state index in [0.29, 0.717) is 6.61 Å². The first-order valence-corrected chi connectivity index (χ1v) is 5.91. The maximum atomic E-state index is 11.4. The van der Waals surface area contributed by atoms with Crippen molar-refractivity contribution in [3.8, 4) is 0 Å². The Morgan fingerprint density at radius 2 is 2.06 bits per heavy atom. The Morgan fingerprint density at radius 3 is 2.59 bits per heavy atom. The summed E-state index contributed by atoms with van der Waals surface area (Å²) in [7, 11) is 0. The molecule has 1 aromatic carbocycles. The number of Topliss-reactive ketones (excluding diaryl/α,β-unsaturated/α-hetero) is 1. The largest absolute Gasteiger partial charge is 0.341 e. The highest BCUT2D eigenvalue weighted by Crippen LogP contribution is 2.32. The normalized spacial score (nSPS) is 30.2. The molecular weight excluding hydrogens is 216 g/mol. The summed E-state index contributed by atoms with van der Waals surface area (Å²) in [6.07, 6.45) is -0.0636. The van der Waals surface area contributed by atoms with E-state index in [4.69, 9.17) is 9.47 Å². The lowest BCUT2D eigenvalue weighted by atomic mass is 9.96. The molecule has 92 valence electrons. The molecule has 0 N–H and O–H groups in total. The molecule has 17 heavy (non-hydrogen) atoms. The van der Waals surface area contributed by atoms with Crippen LogP contribution in [0, 0.1) is 0 Å².